The van der Waals surface area contributed by atoms with Gasteiger partial charge >= 0.3 is 12.5 Å². The molecule has 1 amide bonds. The predicted molar refractivity (Wildman–Crippen MR) is 149 cm³/mol. The van der Waals surface area contributed by atoms with Gasteiger partial charge in [0.15, 0.2) is 5.06 Å². The summed E-state index contributed by atoms with van der Waals surface area (Å²) in [6.45, 7) is 2.68. The van der Waals surface area contributed by atoms with E-state index in [2.05, 4.69) is 4.74 Å². The number of nitrogens with zero attached hydrogens (tertiary/aromatic N) is 3. The van der Waals surface area contributed by atoms with Gasteiger partial charge in [-0.25, -0.2) is 17.6 Å². The van der Waals surface area contributed by atoms with Gasteiger partial charge < -0.3 is 19.1 Å². The highest BCUT2D eigenvalue weighted by molar-refractivity contribution is 7.89. The van der Waals surface area contributed by atoms with Crippen LogP contribution < -0.4 is 19.3 Å². The maximum absolute atomic E-state index is 15.3. The monoisotopic (exact) mass is 641 g/mol. The molecule has 0 spiro atoms. The number of carbonyl (C=O) groups excluding carboxylic acids is 1. The van der Waals surface area contributed by atoms with Crippen LogP contribution in [-0.4, -0.2) is 71.1 Å². The number of fused-ring (bicyclic) bond motifs is 1. The highest BCUT2D eigenvalue weighted by Gasteiger charge is 2.58. The zero-order valence-electron chi connectivity index (χ0n) is 22.6. The van der Waals surface area contributed by atoms with Gasteiger partial charge in [0.25, 0.3) is 0 Å². The molecule has 2 aromatic carbocycles. The number of thiophene rings is 1. The van der Waals surface area contributed by atoms with Crippen molar-refractivity contribution in [3.8, 4) is 10.8 Å². The molecule has 15 heteroatoms. The van der Waals surface area contributed by atoms with Crippen molar-refractivity contribution < 1.29 is 45.0 Å². The van der Waals surface area contributed by atoms with Crippen LogP contribution in [0.25, 0.3) is 0 Å². The van der Waals surface area contributed by atoms with Crippen molar-refractivity contribution in [3.05, 3.63) is 65.8 Å². The van der Waals surface area contributed by atoms with E-state index in [-0.39, 0.29) is 42.3 Å². The SMILES string of the molecule is O=C(Oc1cccs1)N(CC1C2CN(S(=O)(=O)c3ccc(OC(F)(F)F)cc3)CC12)c1ccc(N2CCOCC2)c(F)c1. The van der Waals surface area contributed by atoms with Gasteiger partial charge in [-0.05, 0) is 77.7 Å². The number of piperidine rings is 1. The highest BCUT2D eigenvalue weighted by Crippen LogP contribution is 2.53. The zero-order chi connectivity index (χ0) is 30.4. The fourth-order valence-electron chi connectivity index (χ4n) is 5.72. The Morgan fingerprint density at radius 1 is 1.05 bits per heavy atom. The number of hydrogen-bond donors (Lipinski definition) is 0. The molecular formula is C28H27F4N3O6S2. The van der Waals surface area contributed by atoms with Gasteiger partial charge in [0, 0.05) is 32.7 Å². The topological polar surface area (TPSA) is 88.6 Å². The quantitative estimate of drug-likeness (QED) is 0.313. The first-order valence-electron chi connectivity index (χ1n) is 13.5. The number of rotatable bonds is 8. The number of halogens is 4. The summed E-state index contributed by atoms with van der Waals surface area (Å²) in [7, 11) is -3.95. The van der Waals surface area contributed by atoms with Crippen LogP contribution in [0.5, 0.6) is 10.8 Å². The van der Waals surface area contributed by atoms with Crippen LogP contribution in [0.15, 0.2) is 64.9 Å². The largest absolute Gasteiger partial charge is 0.573 e. The molecule has 2 aliphatic heterocycles. The van der Waals surface area contributed by atoms with Crippen LogP contribution in [0, 0.1) is 23.6 Å². The third-order valence-electron chi connectivity index (χ3n) is 7.92. The Labute approximate surface area is 249 Å². The van der Waals surface area contributed by atoms with Crippen LogP contribution in [0.1, 0.15) is 0 Å². The summed E-state index contributed by atoms with van der Waals surface area (Å²) in [6, 6.07) is 12.1. The lowest BCUT2D eigenvalue weighted by atomic mass is 10.2. The smallest absolute Gasteiger partial charge is 0.406 e. The van der Waals surface area contributed by atoms with Crippen LogP contribution in [0.4, 0.5) is 33.7 Å². The average Bonchev–Trinajstić information content (AvgIpc) is 3.31. The summed E-state index contributed by atoms with van der Waals surface area (Å²) in [6.07, 6.45) is -5.55. The van der Waals surface area contributed by atoms with Crippen LogP contribution in [0.3, 0.4) is 0 Å². The summed E-state index contributed by atoms with van der Waals surface area (Å²) in [5, 5.41) is 2.15. The van der Waals surface area contributed by atoms with Gasteiger partial charge in [0.1, 0.15) is 11.6 Å². The molecule has 1 saturated carbocycles. The predicted octanol–water partition coefficient (Wildman–Crippen LogP) is 5.19. The minimum absolute atomic E-state index is 0.0443. The Balaban J connectivity index is 1.14. The number of anilines is 2. The Morgan fingerprint density at radius 3 is 2.35 bits per heavy atom. The van der Waals surface area contributed by atoms with Crippen LogP contribution in [0.2, 0.25) is 0 Å². The summed E-state index contributed by atoms with van der Waals surface area (Å²) in [5.41, 5.74) is 0.743. The fraction of sp³-hybridized carbons (Fsp3) is 0.393. The molecule has 43 heavy (non-hydrogen) atoms. The number of morpholine rings is 1. The van der Waals surface area contributed by atoms with E-state index in [1.807, 2.05) is 4.90 Å². The van der Waals surface area contributed by atoms with Crippen molar-refractivity contribution >= 4 is 38.8 Å². The molecule has 3 heterocycles. The molecule has 230 valence electrons. The number of ether oxygens (including phenoxy) is 3. The summed E-state index contributed by atoms with van der Waals surface area (Å²) in [5.74, 6) is -1.13. The van der Waals surface area contributed by atoms with E-state index in [9.17, 15) is 26.4 Å². The fourth-order valence-corrected chi connectivity index (χ4v) is 7.81. The first-order chi connectivity index (χ1) is 20.5. The van der Waals surface area contributed by atoms with Crippen molar-refractivity contribution in [3.63, 3.8) is 0 Å². The van der Waals surface area contributed by atoms with Gasteiger partial charge in [-0.3, -0.25) is 4.90 Å². The van der Waals surface area contributed by atoms with Crippen molar-refractivity contribution in [2.24, 2.45) is 17.8 Å². The second-order valence-corrected chi connectivity index (χ2v) is 13.3. The van der Waals surface area contributed by atoms with E-state index in [4.69, 9.17) is 9.47 Å². The van der Waals surface area contributed by atoms with E-state index in [1.54, 1.807) is 29.6 Å². The number of amides is 1. The van der Waals surface area contributed by atoms with Crippen molar-refractivity contribution in [1.29, 1.82) is 0 Å². The molecule has 1 aromatic heterocycles. The van der Waals surface area contributed by atoms with E-state index in [0.29, 0.717) is 42.7 Å². The van der Waals surface area contributed by atoms with E-state index >= 15 is 4.39 Å². The van der Waals surface area contributed by atoms with Gasteiger partial charge in [0.05, 0.1) is 29.5 Å². The standard InChI is InChI=1S/C28H27F4N3O6S2/c29-24-14-18(3-8-25(24)33-9-11-39-12-10-33)35(27(36)40-26-2-1-13-42-26)17-23-21-15-34(16-22(21)23)43(37,38)20-6-4-19(5-7-20)41-28(30,31)32/h1-8,13-14,21-23H,9-12,15-17H2. The molecule has 3 aromatic rings. The summed E-state index contributed by atoms with van der Waals surface area (Å²) in [4.78, 5) is 16.4. The van der Waals surface area contributed by atoms with Crippen molar-refractivity contribution in [2.75, 3.05) is 55.7 Å². The maximum atomic E-state index is 15.3. The molecule has 0 bridgehead atoms. The van der Waals surface area contributed by atoms with E-state index in [0.717, 1.165) is 24.3 Å². The minimum Gasteiger partial charge on any atom is -0.406 e. The molecule has 3 aliphatic rings. The Hall–Kier alpha value is -3.40. The van der Waals surface area contributed by atoms with Gasteiger partial charge in [0.2, 0.25) is 10.0 Å². The molecule has 3 fully saturated rings. The number of carbonyl (C=O) groups is 1. The lowest BCUT2D eigenvalue weighted by Gasteiger charge is -2.30. The lowest BCUT2D eigenvalue weighted by molar-refractivity contribution is -0.274. The maximum Gasteiger partial charge on any atom is 0.573 e. The molecule has 9 nitrogen and oxygen atoms in total. The van der Waals surface area contributed by atoms with E-state index < -0.39 is 34.0 Å². The van der Waals surface area contributed by atoms with Gasteiger partial charge in [-0.1, -0.05) is 0 Å². The molecule has 2 unspecified atom stereocenters. The Morgan fingerprint density at radius 2 is 1.74 bits per heavy atom. The first-order valence-corrected chi connectivity index (χ1v) is 15.8. The Bertz CT molecular complexity index is 1550. The molecule has 1 aliphatic carbocycles. The zero-order valence-corrected chi connectivity index (χ0v) is 24.2. The van der Waals surface area contributed by atoms with Crippen LogP contribution >= 0.6 is 11.3 Å². The first kappa shape index (κ1) is 29.7. The lowest BCUT2D eigenvalue weighted by Crippen LogP contribution is -2.38. The molecule has 2 saturated heterocycles. The summed E-state index contributed by atoms with van der Waals surface area (Å²) < 4.78 is 95.0. The molecular weight excluding hydrogens is 614 g/mol. The van der Waals surface area contributed by atoms with Crippen LogP contribution in [-0.2, 0) is 14.8 Å². The normalized spacial score (nSPS) is 22.2. The van der Waals surface area contributed by atoms with E-state index in [1.165, 1.54) is 26.6 Å². The van der Waals surface area contributed by atoms with Gasteiger partial charge in [-0.15, -0.1) is 24.5 Å². The number of hydrogen-bond acceptors (Lipinski definition) is 8. The molecule has 0 radical (unpaired) electrons. The number of benzene rings is 2. The average molecular weight is 642 g/mol. The molecule has 0 N–H and O–H groups in total. The Kier molecular flexibility index (Phi) is 8.00. The van der Waals surface area contributed by atoms with Crippen molar-refractivity contribution in [1.82, 2.24) is 4.31 Å². The minimum atomic E-state index is -4.88. The second-order valence-electron chi connectivity index (χ2n) is 10.5. The third-order valence-corrected chi connectivity index (χ3v) is 10.5. The van der Waals surface area contributed by atoms with Crippen molar-refractivity contribution in [2.45, 2.75) is 11.3 Å². The molecule has 2 atom stereocenters. The second kappa shape index (κ2) is 11.6. The number of alkyl halides is 3. The molecule has 6 rings (SSSR count). The highest BCUT2D eigenvalue weighted by atomic mass is 32.2. The number of sulfonamides is 1. The van der Waals surface area contributed by atoms with Gasteiger partial charge in [-0.2, -0.15) is 4.31 Å². The summed E-state index contributed by atoms with van der Waals surface area (Å²) >= 11 is 1.24. The third kappa shape index (κ3) is 6.44.